The van der Waals surface area contributed by atoms with E-state index in [9.17, 15) is 9.59 Å². The molecule has 6 nitrogen and oxygen atoms in total. The number of methoxy groups -OCH3 is 1. The van der Waals surface area contributed by atoms with Crippen LogP contribution in [0.1, 0.15) is 11.1 Å². The Bertz CT molecular complexity index is 782. The highest BCUT2D eigenvalue weighted by atomic mass is 16.5. The van der Waals surface area contributed by atoms with Crippen LogP contribution in [0, 0.1) is 0 Å². The van der Waals surface area contributed by atoms with Crippen LogP contribution in [0.25, 0.3) is 0 Å². The second-order valence-electron chi connectivity index (χ2n) is 7.08. The van der Waals surface area contributed by atoms with Crippen LogP contribution in [0.3, 0.4) is 0 Å². The summed E-state index contributed by atoms with van der Waals surface area (Å²) in [5.41, 5.74) is 2.11. The summed E-state index contributed by atoms with van der Waals surface area (Å²) in [7, 11) is 1.59. The molecule has 3 rings (SSSR count). The highest BCUT2D eigenvalue weighted by Crippen LogP contribution is 2.17. The van der Waals surface area contributed by atoms with Crippen molar-refractivity contribution < 1.29 is 19.1 Å². The molecule has 0 aromatic heterocycles. The van der Waals surface area contributed by atoms with Gasteiger partial charge in [-0.2, -0.15) is 0 Å². The number of rotatable bonds is 10. The first-order valence-corrected chi connectivity index (χ1v) is 9.92. The number of nitrogens with zero attached hydrogens (tertiary/aromatic N) is 2. The van der Waals surface area contributed by atoms with Gasteiger partial charge in [0.25, 0.3) is 0 Å². The topological polar surface area (TPSA) is 59.1 Å². The number of carbonyl (C=O) groups excluding carboxylic acids is 2. The van der Waals surface area contributed by atoms with Crippen molar-refractivity contribution in [1.29, 1.82) is 0 Å². The van der Waals surface area contributed by atoms with Gasteiger partial charge >= 0.3 is 0 Å². The zero-order valence-electron chi connectivity index (χ0n) is 16.8. The van der Waals surface area contributed by atoms with E-state index in [0.717, 1.165) is 11.1 Å². The van der Waals surface area contributed by atoms with Gasteiger partial charge in [-0.05, 0) is 11.1 Å². The lowest BCUT2D eigenvalue weighted by Crippen LogP contribution is -2.61. The van der Waals surface area contributed by atoms with E-state index in [-0.39, 0.29) is 18.4 Å². The van der Waals surface area contributed by atoms with Crippen molar-refractivity contribution in [2.75, 3.05) is 40.0 Å². The molecule has 1 aliphatic heterocycles. The third-order valence-electron chi connectivity index (χ3n) is 5.04. The highest BCUT2D eigenvalue weighted by molar-refractivity contribution is 5.95. The molecule has 2 aromatic carbocycles. The second kappa shape index (κ2) is 10.7. The van der Waals surface area contributed by atoms with Gasteiger partial charge < -0.3 is 19.3 Å². The Morgan fingerprint density at radius 2 is 1.55 bits per heavy atom. The van der Waals surface area contributed by atoms with E-state index in [0.29, 0.717) is 39.3 Å². The van der Waals surface area contributed by atoms with E-state index < -0.39 is 6.04 Å². The minimum Gasteiger partial charge on any atom is -0.383 e. The molecule has 1 saturated heterocycles. The minimum atomic E-state index is -0.518. The molecule has 2 aromatic rings. The molecule has 0 spiro atoms. The fourth-order valence-electron chi connectivity index (χ4n) is 3.48. The lowest BCUT2D eigenvalue weighted by atomic mass is 10.0. The second-order valence-corrected chi connectivity index (χ2v) is 7.08. The maximum Gasteiger partial charge on any atom is 0.246 e. The van der Waals surface area contributed by atoms with Crippen LogP contribution >= 0.6 is 0 Å². The Hall–Kier alpha value is -2.70. The SMILES string of the molecule is COCCN1CC(=O)N(CCOCc2ccccc2)[C@H](Cc2ccccc2)C1=O. The van der Waals surface area contributed by atoms with Crippen LogP contribution < -0.4 is 0 Å². The van der Waals surface area contributed by atoms with E-state index in [2.05, 4.69) is 0 Å². The van der Waals surface area contributed by atoms with Crippen molar-refractivity contribution in [3.8, 4) is 0 Å². The Balaban J connectivity index is 1.64. The van der Waals surface area contributed by atoms with Crippen LogP contribution in [0.15, 0.2) is 60.7 Å². The van der Waals surface area contributed by atoms with Gasteiger partial charge in [-0.3, -0.25) is 9.59 Å². The van der Waals surface area contributed by atoms with Crippen LogP contribution in [0.4, 0.5) is 0 Å². The molecule has 1 heterocycles. The van der Waals surface area contributed by atoms with Gasteiger partial charge in [0.05, 0.1) is 26.4 Å². The number of hydrogen-bond acceptors (Lipinski definition) is 4. The zero-order chi connectivity index (χ0) is 20.5. The maximum absolute atomic E-state index is 13.1. The molecule has 29 heavy (non-hydrogen) atoms. The normalized spacial score (nSPS) is 17.1. The molecule has 1 aliphatic rings. The summed E-state index contributed by atoms with van der Waals surface area (Å²) in [6.07, 6.45) is 0.494. The molecule has 2 amide bonds. The average molecular weight is 396 g/mol. The molecular weight excluding hydrogens is 368 g/mol. The van der Waals surface area contributed by atoms with Gasteiger partial charge in [0.15, 0.2) is 0 Å². The van der Waals surface area contributed by atoms with Gasteiger partial charge in [0.1, 0.15) is 6.04 Å². The predicted molar refractivity (Wildman–Crippen MR) is 110 cm³/mol. The summed E-state index contributed by atoms with van der Waals surface area (Å²) in [5.74, 6) is -0.0847. The molecule has 1 atom stereocenters. The summed E-state index contributed by atoms with van der Waals surface area (Å²) in [6.45, 7) is 2.19. The van der Waals surface area contributed by atoms with Gasteiger partial charge in [0.2, 0.25) is 11.8 Å². The van der Waals surface area contributed by atoms with Crippen molar-refractivity contribution in [2.24, 2.45) is 0 Å². The van der Waals surface area contributed by atoms with Gasteiger partial charge in [-0.25, -0.2) is 0 Å². The van der Waals surface area contributed by atoms with E-state index in [4.69, 9.17) is 9.47 Å². The van der Waals surface area contributed by atoms with Gasteiger partial charge in [-0.15, -0.1) is 0 Å². The number of ether oxygens (including phenoxy) is 2. The summed E-state index contributed by atoms with van der Waals surface area (Å²) in [6, 6.07) is 19.2. The summed E-state index contributed by atoms with van der Waals surface area (Å²) < 4.78 is 10.8. The fourth-order valence-corrected chi connectivity index (χ4v) is 3.48. The molecule has 154 valence electrons. The molecule has 0 aliphatic carbocycles. The maximum atomic E-state index is 13.1. The van der Waals surface area contributed by atoms with Gasteiger partial charge in [-0.1, -0.05) is 60.7 Å². The molecule has 0 radical (unpaired) electrons. The van der Waals surface area contributed by atoms with Crippen LogP contribution in [0.2, 0.25) is 0 Å². The number of piperazine rings is 1. The van der Waals surface area contributed by atoms with Crippen molar-refractivity contribution in [3.05, 3.63) is 71.8 Å². The van der Waals surface area contributed by atoms with E-state index in [1.807, 2.05) is 60.7 Å². The fraction of sp³-hybridized carbons (Fsp3) is 0.391. The van der Waals surface area contributed by atoms with Gasteiger partial charge in [0, 0.05) is 26.6 Å². The minimum absolute atomic E-state index is 0.0337. The number of benzene rings is 2. The standard InChI is InChI=1S/C23H28N2O4/c1-28-14-12-24-17-22(26)25(13-15-29-18-20-10-6-3-7-11-20)21(23(24)27)16-19-8-4-2-5-9-19/h2-11,21H,12-18H2,1H3/t21-/m1/s1. The third-order valence-corrected chi connectivity index (χ3v) is 5.04. The summed E-state index contributed by atoms with van der Waals surface area (Å²) >= 11 is 0. The first-order valence-electron chi connectivity index (χ1n) is 9.92. The molecule has 0 bridgehead atoms. The first-order chi connectivity index (χ1) is 14.2. The molecule has 1 fully saturated rings. The van der Waals surface area contributed by atoms with E-state index in [1.54, 1.807) is 16.9 Å². The van der Waals surface area contributed by atoms with Crippen LogP contribution in [-0.4, -0.2) is 67.6 Å². The number of hydrogen-bond donors (Lipinski definition) is 0. The van der Waals surface area contributed by atoms with E-state index >= 15 is 0 Å². The number of carbonyl (C=O) groups is 2. The van der Waals surface area contributed by atoms with Crippen LogP contribution in [-0.2, 0) is 32.1 Å². The Labute approximate surface area is 172 Å². The lowest BCUT2D eigenvalue weighted by molar-refractivity contribution is -0.157. The van der Waals surface area contributed by atoms with Crippen molar-refractivity contribution in [3.63, 3.8) is 0 Å². The highest BCUT2D eigenvalue weighted by Gasteiger charge is 2.38. The van der Waals surface area contributed by atoms with Crippen LogP contribution in [0.5, 0.6) is 0 Å². The molecule has 6 heteroatoms. The van der Waals surface area contributed by atoms with E-state index in [1.165, 1.54) is 0 Å². The molecule has 0 saturated carbocycles. The predicted octanol–water partition coefficient (Wildman–Crippen LogP) is 2.13. The zero-order valence-corrected chi connectivity index (χ0v) is 16.8. The third kappa shape index (κ3) is 5.89. The van der Waals surface area contributed by atoms with Crippen molar-refractivity contribution >= 4 is 11.8 Å². The Morgan fingerprint density at radius 1 is 0.897 bits per heavy atom. The lowest BCUT2D eigenvalue weighted by Gasteiger charge is -2.40. The quantitative estimate of drug-likeness (QED) is 0.578. The van der Waals surface area contributed by atoms with Crippen molar-refractivity contribution in [2.45, 2.75) is 19.1 Å². The Morgan fingerprint density at radius 3 is 2.21 bits per heavy atom. The molecule has 0 N–H and O–H groups in total. The average Bonchev–Trinajstić information content (AvgIpc) is 2.75. The number of amides is 2. The first kappa shape index (κ1) is 21.0. The van der Waals surface area contributed by atoms with Crippen molar-refractivity contribution in [1.82, 2.24) is 9.80 Å². The Kier molecular flexibility index (Phi) is 7.78. The summed E-state index contributed by atoms with van der Waals surface area (Å²) in [4.78, 5) is 29.2. The monoisotopic (exact) mass is 396 g/mol. The molecular formula is C23H28N2O4. The molecule has 0 unspecified atom stereocenters. The summed E-state index contributed by atoms with van der Waals surface area (Å²) in [5, 5.41) is 0. The largest absolute Gasteiger partial charge is 0.383 e. The smallest absolute Gasteiger partial charge is 0.246 e.